The van der Waals surface area contributed by atoms with Crippen molar-refractivity contribution in [2.24, 2.45) is 0 Å². The van der Waals surface area contributed by atoms with E-state index in [-0.39, 0.29) is 11.3 Å². The molecule has 0 aromatic heterocycles. The molecule has 1 aromatic carbocycles. The van der Waals surface area contributed by atoms with Gasteiger partial charge < -0.3 is 10.4 Å². The number of rotatable bonds is 2. The number of aromatic hydroxyl groups is 1. The standard InChI is InChI=1S/C13H17F3N2O/c1-9-2-3-11(19)10(8-9)12(13(14,15)16)18-6-4-17-5-7-18/h2-3,8,12,17,19H,4-7H2,1H3/t12-/m1/s1. The molecule has 106 valence electrons. The van der Waals surface area contributed by atoms with Gasteiger partial charge in [-0.2, -0.15) is 13.2 Å². The van der Waals surface area contributed by atoms with Crippen molar-refractivity contribution in [3.63, 3.8) is 0 Å². The van der Waals surface area contributed by atoms with Gasteiger partial charge in [0.1, 0.15) is 11.8 Å². The molecule has 2 N–H and O–H groups in total. The number of phenols is 1. The number of aryl methyl sites for hydroxylation is 1. The third-order valence-corrected chi connectivity index (χ3v) is 3.30. The number of alkyl halides is 3. The first-order valence-corrected chi connectivity index (χ1v) is 6.20. The zero-order valence-electron chi connectivity index (χ0n) is 10.7. The van der Waals surface area contributed by atoms with Crippen molar-refractivity contribution >= 4 is 0 Å². The fraction of sp³-hybridized carbons (Fsp3) is 0.538. The Hall–Kier alpha value is -1.27. The van der Waals surface area contributed by atoms with E-state index in [4.69, 9.17) is 0 Å². The number of piperazine rings is 1. The van der Waals surface area contributed by atoms with E-state index < -0.39 is 12.2 Å². The summed E-state index contributed by atoms with van der Waals surface area (Å²) >= 11 is 0. The van der Waals surface area contributed by atoms with Gasteiger partial charge in [0.05, 0.1) is 0 Å². The molecule has 19 heavy (non-hydrogen) atoms. The second kappa shape index (κ2) is 5.38. The van der Waals surface area contributed by atoms with Crippen LogP contribution in [0.25, 0.3) is 0 Å². The van der Waals surface area contributed by atoms with Crippen LogP contribution in [-0.2, 0) is 0 Å². The van der Waals surface area contributed by atoms with Crippen LogP contribution >= 0.6 is 0 Å². The minimum Gasteiger partial charge on any atom is -0.508 e. The lowest BCUT2D eigenvalue weighted by molar-refractivity contribution is -0.188. The Kier molecular flexibility index (Phi) is 4.01. The molecule has 3 nitrogen and oxygen atoms in total. The number of benzene rings is 1. The topological polar surface area (TPSA) is 35.5 Å². The van der Waals surface area contributed by atoms with Crippen LogP contribution in [-0.4, -0.2) is 42.4 Å². The van der Waals surface area contributed by atoms with Crippen molar-refractivity contribution < 1.29 is 18.3 Å². The van der Waals surface area contributed by atoms with E-state index in [1.54, 1.807) is 13.0 Å². The summed E-state index contributed by atoms with van der Waals surface area (Å²) in [6.07, 6.45) is -4.40. The average Bonchev–Trinajstić information content (AvgIpc) is 2.33. The molecular weight excluding hydrogens is 257 g/mol. The number of nitrogens with one attached hydrogen (secondary N) is 1. The summed E-state index contributed by atoms with van der Waals surface area (Å²) < 4.78 is 40.0. The van der Waals surface area contributed by atoms with Gasteiger partial charge in [0.25, 0.3) is 0 Å². The van der Waals surface area contributed by atoms with Crippen molar-refractivity contribution in [1.82, 2.24) is 10.2 Å². The van der Waals surface area contributed by atoms with Gasteiger partial charge in [-0.15, -0.1) is 0 Å². The van der Waals surface area contributed by atoms with E-state index in [0.717, 1.165) is 0 Å². The summed E-state index contributed by atoms with van der Waals surface area (Å²) in [5, 5.41) is 12.8. The molecule has 1 atom stereocenters. The molecule has 0 amide bonds. The van der Waals surface area contributed by atoms with Crippen molar-refractivity contribution in [1.29, 1.82) is 0 Å². The second-order valence-corrected chi connectivity index (χ2v) is 4.79. The third-order valence-electron chi connectivity index (χ3n) is 3.30. The Labute approximate surface area is 110 Å². The molecule has 0 spiro atoms. The lowest BCUT2D eigenvalue weighted by Crippen LogP contribution is -2.49. The molecule has 1 fully saturated rings. The first-order valence-electron chi connectivity index (χ1n) is 6.20. The van der Waals surface area contributed by atoms with Crippen LogP contribution in [0.1, 0.15) is 17.2 Å². The van der Waals surface area contributed by atoms with Crippen molar-refractivity contribution in [3.05, 3.63) is 29.3 Å². The fourth-order valence-corrected chi connectivity index (χ4v) is 2.41. The SMILES string of the molecule is Cc1ccc(O)c([C@@H](N2CCNCC2)C(F)(F)F)c1. The molecule has 0 radical (unpaired) electrons. The van der Waals surface area contributed by atoms with E-state index in [0.29, 0.717) is 31.7 Å². The molecule has 0 bridgehead atoms. The Morgan fingerprint density at radius 2 is 1.89 bits per heavy atom. The molecule has 6 heteroatoms. The van der Waals surface area contributed by atoms with Crippen LogP contribution < -0.4 is 5.32 Å². The fourth-order valence-electron chi connectivity index (χ4n) is 2.41. The van der Waals surface area contributed by atoms with Gasteiger partial charge >= 0.3 is 6.18 Å². The summed E-state index contributed by atoms with van der Waals surface area (Å²) in [5.74, 6) is -0.300. The maximum absolute atomic E-state index is 13.3. The Balaban J connectivity index is 2.39. The minimum absolute atomic E-state index is 0.0607. The summed E-state index contributed by atoms with van der Waals surface area (Å²) in [6, 6.07) is 2.60. The number of halogens is 3. The Bertz CT molecular complexity index is 442. The highest BCUT2D eigenvalue weighted by molar-refractivity contribution is 5.39. The quantitative estimate of drug-likeness (QED) is 0.868. The van der Waals surface area contributed by atoms with Gasteiger partial charge in [-0.1, -0.05) is 17.7 Å². The highest BCUT2D eigenvalue weighted by atomic mass is 19.4. The molecule has 0 aliphatic carbocycles. The maximum atomic E-state index is 13.3. The van der Waals surface area contributed by atoms with Gasteiger partial charge in [0.15, 0.2) is 0 Å². The number of nitrogens with zero attached hydrogens (tertiary/aromatic N) is 1. The van der Waals surface area contributed by atoms with Gasteiger partial charge in [-0.25, -0.2) is 0 Å². The van der Waals surface area contributed by atoms with Crippen LogP contribution in [0.5, 0.6) is 5.75 Å². The molecule has 0 unspecified atom stereocenters. The monoisotopic (exact) mass is 274 g/mol. The van der Waals surface area contributed by atoms with Crippen LogP contribution in [0.4, 0.5) is 13.2 Å². The first kappa shape index (κ1) is 14.1. The summed E-state index contributed by atoms with van der Waals surface area (Å²) in [5.41, 5.74) is 0.645. The van der Waals surface area contributed by atoms with Crippen molar-refractivity contribution in [2.75, 3.05) is 26.2 Å². The van der Waals surface area contributed by atoms with E-state index in [9.17, 15) is 18.3 Å². The Morgan fingerprint density at radius 3 is 2.47 bits per heavy atom. The van der Waals surface area contributed by atoms with Gasteiger partial charge in [-0.05, 0) is 13.0 Å². The largest absolute Gasteiger partial charge is 0.508 e. The molecule has 2 rings (SSSR count). The maximum Gasteiger partial charge on any atom is 0.408 e. The summed E-state index contributed by atoms with van der Waals surface area (Å²) in [7, 11) is 0. The third kappa shape index (κ3) is 3.19. The number of phenolic OH excluding ortho intramolecular Hbond substituents is 1. The van der Waals surface area contributed by atoms with Crippen molar-refractivity contribution in [2.45, 2.75) is 19.1 Å². The van der Waals surface area contributed by atoms with Crippen LogP contribution in [0.3, 0.4) is 0 Å². The second-order valence-electron chi connectivity index (χ2n) is 4.79. The highest BCUT2D eigenvalue weighted by Gasteiger charge is 2.46. The molecule has 1 aliphatic rings. The smallest absolute Gasteiger partial charge is 0.408 e. The Morgan fingerprint density at radius 1 is 1.26 bits per heavy atom. The molecule has 0 saturated carbocycles. The van der Waals surface area contributed by atoms with Gasteiger partial charge in [-0.3, -0.25) is 4.90 Å². The lowest BCUT2D eigenvalue weighted by atomic mass is 10.0. The van der Waals surface area contributed by atoms with Crippen LogP contribution in [0.15, 0.2) is 18.2 Å². The van der Waals surface area contributed by atoms with Gasteiger partial charge in [0, 0.05) is 31.7 Å². The van der Waals surface area contributed by atoms with E-state index in [1.807, 2.05) is 0 Å². The molecule has 1 aliphatic heterocycles. The normalized spacial score (nSPS) is 19.4. The van der Waals surface area contributed by atoms with Gasteiger partial charge in [0.2, 0.25) is 0 Å². The predicted octanol–water partition coefficient (Wildman–Crippen LogP) is 2.21. The molecule has 1 heterocycles. The predicted molar refractivity (Wildman–Crippen MR) is 66.1 cm³/mol. The molecule has 1 aromatic rings. The van der Waals surface area contributed by atoms with Crippen LogP contribution in [0.2, 0.25) is 0 Å². The number of hydrogen-bond donors (Lipinski definition) is 2. The first-order chi connectivity index (χ1) is 8.89. The average molecular weight is 274 g/mol. The minimum atomic E-state index is -4.40. The molecular formula is C13H17F3N2O. The number of hydrogen-bond acceptors (Lipinski definition) is 3. The van der Waals surface area contributed by atoms with E-state index >= 15 is 0 Å². The summed E-state index contributed by atoms with van der Waals surface area (Å²) in [6.45, 7) is 3.40. The highest BCUT2D eigenvalue weighted by Crippen LogP contribution is 2.41. The zero-order valence-corrected chi connectivity index (χ0v) is 10.7. The molecule has 1 saturated heterocycles. The van der Waals surface area contributed by atoms with E-state index in [2.05, 4.69) is 5.32 Å². The van der Waals surface area contributed by atoms with E-state index in [1.165, 1.54) is 17.0 Å². The lowest BCUT2D eigenvalue weighted by Gasteiger charge is -2.36. The van der Waals surface area contributed by atoms with Crippen LogP contribution in [0, 0.1) is 6.92 Å². The van der Waals surface area contributed by atoms with Crippen molar-refractivity contribution in [3.8, 4) is 5.75 Å². The summed E-state index contributed by atoms with van der Waals surface area (Å²) in [4.78, 5) is 1.37. The zero-order chi connectivity index (χ0) is 14.0.